The second kappa shape index (κ2) is 10.9. The van der Waals surface area contributed by atoms with Gasteiger partial charge in [-0.2, -0.15) is 5.10 Å². The van der Waals surface area contributed by atoms with Crippen LogP contribution in [0.25, 0.3) is 0 Å². The Morgan fingerprint density at radius 2 is 1.96 bits per heavy atom. The second-order valence-corrected chi connectivity index (χ2v) is 7.57. The van der Waals surface area contributed by atoms with E-state index in [-0.39, 0.29) is 29.6 Å². The summed E-state index contributed by atoms with van der Waals surface area (Å²) < 4.78 is 10.4. The van der Waals surface area contributed by atoms with Gasteiger partial charge in [0.05, 0.1) is 17.3 Å². The van der Waals surface area contributed by atoms with Crippen molar-refractivity contribution in [3.63, 3.8) is 0 Å². The molecular weight excluding hydrogens is 430 g/mol. The molecule has 2 heterocycles. The SMILES string of the molecule is Br.CCOC(=O)COc1ccc(N2N=C(CC)SC2C2CCNCC2)cc1. The van der Waals surface area contributed by atoms with Crippen molar-refractivity contribution in [3.05, 3.63) is 24.3 Å². The summed E-state index contributed by atoms with van der Waals surface area (Å²) in [6, 6.07) is 7.80. The minimum absolute atomic E-state index is 0. The predicted molar refractivity (Wildman–Crippen MR) is 116 cm³/mol. The molecule has 2 aliphatic heterocycles. The van der Waals surface area contributed by atoms with Gasteiger partial charge in [-0.25, -0.2) is 4.79 Å². The molecule has 0 saturated carbocycles. The number of hydrogen-bond donors (Lipinski definition) is 1. The fourth-order valence-electron chi connectivity index (χ4n) is 3.21. The number of hydrogen-bond acceptors (Lipinski definition) is 7. The number of ether oxygens (including phenoxy) is 2. The minimum atomic E-state index is -0.351. The molecule has 1 atom stereocenters. The molecule has 1 aromatic rings. The standard InChI is InChI=1S/C19H27N3O3S.BrH/c1-3-17-21-22(19(26-17)14-9-11-20-12-10-14)15-5-7-16(8-6-15)25-13-18(23)24-4-2;/h5-8,14,19-20H,3-4,9-13H2,1-2H3;1H. The van der Waals surface area contributed by atoms with Crippen molar-refractivity contribution in [2.75, 3.05) is 31.3 Å². The molecule has 0 spiro atoms. The van der Waals surface area contributed by atoms with E-state index in [1.165, 1.54) is 17.9 Å². The van der Waals surface area contributed by atoms with Gasteiger partial charge >= 0.3 is 5.97 Å². The normalized spacial score (nSPS) is 20.0. The third-order valence-corrected chi connectivity index (χ3v) is 6.04. The Morgan fingerprint density at radius 3 is 2.59 bits per heavy atom. The number of rotatable bonds is 7. The molecular formula is C19H28BrN3O3S. The number of nitrogens with one attached hydrogen (secondary N) is 1. The number of carbonyl (C=O) groups excluding carboxylic acids is 1. The van der Waals surface area contributed by atoms with E-state index >= 15 is 0 Å². The maximum Gasteiger partial charge on any atom is 0.344 e. The molecule has 1 saturated heterocycles. The van der Waals surface area contributed by atoms with Gasteiger partial charge in [0.15, 0.2) is 6.61 Å². The van der Waals surface area contributed by atoms with Crippen LogP contribution in [0.4, 0.5) is 5.69 Å². The topological polar surface area (TPSA) is 63.2 Å². The molecule has 1 fully saturated rings. The van der Waals surface area contributed by atoms with Crippen molar-refractivity contribution in [2.45, 2.75) is 38.5 Å². The lowest BCUT2D eigenvalue weighted by molar-refractivity contribution is -0.145. The number of halogens is 1. The molecule has 1 aromatic carbocycles. The van der Waals surface area contributed by atoms with Crippen LogP contribution >= 0.6 is 28.7 Å². The smallest absolute Gasteiger partial charge is 0.344 e. The van der Waals surface area contributed by atoms with Gasteiger partial charge in [0.2, 0.25) is 0 Å². The molecule has 0 bridgehead atoms. The molecule has 1 N–H and O–H groups in total. The van der Waals surface area contributed by atoms with Crippen LogP contribution in [-0.4, -0.2) is 42.7 Å². The third-order valence-electron chi connectivity index (χ3n) is 4.57. The highest BCUT2D eigenvalue weighted by Crippen LogP contribution is 2.39. The Hall–Kier alpha value is -1.25. The molecule has 0 aromatic heterocycles. The lowest BCUT2D eigenvalue weighted by Gasteiger charge is -2.32. The molecule has 0 radical (unpaired) electrons. The first-order chi connectivity index (χ1) is 12.7. The number of esters is 1. The fourth-order valence-corrected chi connectivity index (χ4v) is 4.53. The highest BCUT2D eigenvalue weighted by atomic mass is 79.9. The lowest BCUT2D eigenvalue weighted by Crippen LogP contribution is -2.38. The summed E-state index contributed by atoms with van der Waals surface area (Å²) in [7, 11) is 0. The first-order valence-corrected chi connectivity index (χ1v) is 10.2. The van der Waals surface area contributed by atoms with Gasteiger partial charge < -0.3 is 14.8 Å². The molecule has 6 nitrogen and oxygen atoms in total. The van der Waals surface area contributed by atoms with Crippen molar-refractivity contribution in [1.29, 1.82) is 0 Å². The van der Waals surface area contributed by atoms with E-state index in [0.717, 1.165) is 25.2 Å². The highest BCUT2D eigenvalue weighted by Gasteiger charge is 2.35. The van der Waals surface area contributed by atoms with Gasteiger partial charge in [-0.3, -0.25) is 5.01 Å². The fraction of sp³-hybridized carbons (Fsp3) is 0.579. The second-order valence-electron chi connectivity index (χ2n) is 6.38. The number of carbonyl (C=O) groups is 1. The summed E-state index contributed by atoms with van der Waals surface area (Å²) in [6.45, 7) is 6.40. The van der Waals surface area contributed by atoms with Gasteiger partial charge in [0, 0.05) is 0 Å². The monoisotopic (exact) mass is 457 g/mol. The maximum absolute atomic E-state index is 11.4. The first-order valence-electron chi connectivity index (χ1n) is 9.33. The Bertz CT molecular complexity index is 636. The molecule has 150 valence electrons. The van der Waals surface area contributed by atoms with E-state index in [4.69, 9.17) is 14.6 Å². The van der Waals surface area contributed by atoms with Crippen LogP contribution in [0.5, 0.6) is 5.75 Å². The Morgan fingerprint density at radius 1 is 1.26 bits per heavy atom. The first kappa shape index (κ1) is 22.0. The Balaban J connectivity index is 0.00000261. The summed E-state index contributed by atoms with van der Waals surface area (Å²) in [5, 5.41) is 12.0. The van der Waals surface area contributed by atoms with Crippen LogP contribution in [0.1, 0.15) is 33.1 Å². The third kappa shape index (κ3) is 5.86. The molecule has 3 rings (SSSR count). The molecule has 1 unspecified atom stereocenters. The minimum Gasteiger partial charge on any atom is -0.482 e. The van der Waals surface area contributed by atoms with Crippen LogP contribution < -0.4 is 15.1 Å². The lowest BCUT2D eigenvalue weighted by atomic mass is 9.97. The number of nitrogens with zero attached hydrogens (tertiary/aromatic N) is 2. The number of piperidine rings is 1. The summed E-state index contributed by atoms with van der Waals surface area (Å²) in [6.07, 6.45) is 3.33. The van der Waals surface area contributed by atoms with Crippen molar-refractivity contribution < 1.29 is 14.3 Å². The van der Waals surface area contributed by atoms with E-state index in [1.807, 2.05) is 36.0 Å². The van der Waals surface area contributed by atoms with E-state index in [1.54, 1.807) is 6.92 Å². The summed E-state index contributed by atoms with van der Waals surface area (Å²) in [5.41, 5.74) is 1.06. The van der Waals surface area contributed by atoms with Crippen LogP contribution in [-0.2, 0) is 9.53 Å². The van der Waals surface area contributed by atoms with Crippen LogP contribution in [0.3, 0.4) is 0 Å². The zero-order chi connectivity index (χ0) is 18.4. The molecule has 0 amide bonds. The number of anilines is 1. The number of hydrazone groups is 1. The van der Waals surface area contributed by atoms with Gasteiger partial charge in [0.1, 0.15) is 11.1 Å². The van der Waals surface area contributed by atoms with Gasteiger partial charge in [-0.05, 0) is 69.5 Å². The average molecular weight is 458 g/mol. The summed E-state index contributed by atoms with van der Waals surface area (Å²) in [4.78, 5) is 11.4. The molecule has 2 aliphatic rings. The number of benzene rings is 1. The number of thioether (sulfide) groups is 1. The summed E-state index contributed by atoms with van der Waals surface area (Å²) in [5.74, 6) is 0.941. The quantitative estimate of drug-likeness (QED) is 0.627. The highest BCUT2D eigenvalue weighted by molar-refractivity contribution is 8.93. The van der Waals surface area contributed by atoms with Crippen molar-refractivity contribution in [2.24, 2.45) is 11.0 Å². The van der Waals surface area contributed by atoms with E-state index in [0.29, 0.717) is 23.6 Å². The maximum atomic E-state index is 11.4. The van der Waals surface area contributed by atoms with Crippen molar-refractivity contribution in [1.82, 2.24) is 5.32 Å². The van der Waals surface area contributed by atoms with Gasteiger partial charge in [0.25, 0.3) is 0 Å². The van der Waals surface area contributed by atoms with E-state index < -0.39 is 0 Å². The molecule has 27 heavy (non-hydrogen) atoms. The van der Waals surface area contributed by atoms with Crippen molar-refractivity contribution in [3.8, 4) is 5.75 Å². The largest absolute Gasteiger partial charge is 0.482 e. The van der Waals surface area contributed by atoms with Crippen LogP contribution in [0.15, 0.2) is 29.4 Å². The molecule has 0 aliphatic carbocycles. The summed E-state index contributed by atoms with van der Waals surface area (Å²) >= 11 is 1.90. The zero-order valence-electron chi connectivity index (χ0n) is 15.8. The van der Waals surface area contributed by atoms with E-state index in [9.17, 15) is 4.79 Å². The average Bonchev–Trinajstić information content (AvgIpc) is 3.12. The van der Waals surface area contributed by atoms with E-state index in [2.05, 4.69) is 17.2 Å². The van der Waals surface area contributed by atoms with Crippen LogP contribution in [0, 0.1) is 5.92 Å². The van der Waals surface area contributed by atoms with Crippen LogP contribution in [0.2, 0.25) is 0 Å². The predicted octanol–water partition coefficient (Wildman–Crippen LogP) is 3.81. The van der Waals surface area contributed by atoms with Gasteiger partial charge in [-0.15, -0.1) is 17.0 Å². The zero-order valence-corrected chi connectivity index (χ0v) is 18.4. The van der Waals surface area contributed by atoms with Crippen molar-refractivity contribution >= 4 is 45.4 Å². The molecule has 8 heteroatoms. The Labute approximate surface area is 175 Å². The Kier molecular flexibility index (Phi) is 8.92. The van der Waals surface area contributed by atoms with Gasteiger partial charge in [-0.1, -0.05) is 18.7 Å².